The largest absolute Gasteiger partial charge is 0.449 e. The lowest BCUT2D eigenvalue weighted by Gasteiger charge is -2.05. The second kappa shape index (κ2) is 4.90. The number of carbonyl (C=O) groups is 2. The zero-order valence-electron chi connectivity index (χ0n) is 7.66. The summed E-state index contributed by atoms with van der Waals surface area (Å²) in [6.45, 7) is 1.93. The Kier molecular flexibility index (Phi) is 3.54. The van der Waals surface area contributed by atoms with Gasteiger partial charge in [0.15, 0.2) is 0 Å². The van der Waals surface area contributed by atoms with E-state index in [1.165, 1.54) is 0 Å². The van der Waals surface area contributed by atoms with Crippen molar-refractivity contribution in [3.63, 3.8) is 0 Å². The Balaban J connectivity index is 2.32. The smallest absolute Gasteiger partial charge is 0.426 e. The highest BCUT2D eigenvalue weighted by Gasteiger charge is 2.06. The highest BCUT2D eigenvalue weighted by atomic mass is 16.5. The fraction of sp³-hybridized carbons (Fsp3) is 0.250. The van der Waals surface area contributed by atoms with Crippen LogP contribution in [0.5, 0.6) is 0 Å². The zero-order chi connectivity index (χ0) is 10.4. The minimum absolute atomic E-state index is 0.254. The zero-order valence-corrected chi connectivity index (χ0v) is 7.66. The highest BCUT2D eigenvalue weighted by Crippen LogP contribution is 1.92. The van der Waals surface area contributed by atoms with E-state index in [9.17, 15) is 9.59 Å². The summed E-state index contributed by atoms with van der Waals surface area (Å²) in [6, 6.07) is 3.27. The number of amides is 2. The number of hydrogen-bond donors (Lipinski definition) is 3. The van der Waals surface area contributed by atoms with Crippen molar-refractivity contribution in [2.45, 2.75) is 6.92 Å². The Labute approximate surface area is 80.6 Å². The standard InChI is InChI=1S/C8H11N3O3/c1-2-14-8(13)11-10-7(12)6-4-3-5-9-6/h3-5,9H,2H2,1H3,(H,10,12)(H,11,13). The van der Waals surface area contributed by atoms with Crippen molar-refractivity contribution in [3.05, 3.63) is 24.0 Å². The van der Waals surface area contributed by atoms with Gasteiger partial charge in [0.1, 0.15) is 5.69 Å². The minimum atomic E-state index is -0.688. The third-order valence-electron chi connectivity index (χ3n) is 1.40. The molecule has 2 amide bonds. The molecule has 1 aromatic heterocycles. The molecular weight excluding hydrogens is 186 g/mol. The van der Waals surface area contributed by atoms with Crippen LogP contribution in [0, 0.1) is 0 Å². The van der Waals surface area contributed by atoms with E-state index in [4.69, 9.17) is 0 Å². The van der Waals surface area contributed by atoms with Crippen LogP contribution in [0.15, 0.2) is 18.3 Å². The number of rotatable bonds is 2. The van der Waals surface area contributed by atoms with Gasteiger partial charge in [0.2, 0.25) is 0 Å². The van der Waals surface area contributed by atoms with Crippen LogP contribution in [0.25, 0.3) is 0 Å². The summed E-state index contributed by atoms with van der Waals surface area (Å²) < 4.78 is 4.53. The Bertz CT molecular complexity index is 308. The van der Waals surface area contributed by atoms with Crippen LogP contribution in [0.4, 0.5) is 4.79 Å². The molecule has 14 heavy (non-hydrogen) atoms. The van der Waals surface area contributed by atoms with Gasteiger partial charge in [-0.2, -0.15) is 0 Å². The van der Waals surface area contributed by atoms with Crippen LogP contribution in [0.2, 0.25) is 0 Å². The molecule has 0 bridgehead atoms. The third kappa shape index (κ3) is 2.81. The normalized spacial score (nSPS) is 9.21. The molecule has 0 aliphatic heterocycles. The Hall–Kier alpha value is -1.98. The highest BCUT2D eigenvalue weighted by molar-refractivity contribution is 5.93. The van der Waals surface area contributed by atoms with E-state index in [-0.39, 0.29) is 6.61 Å². The second-order valence-corrected chi connectivity index (χ2v) is 2.38. The van der Waals surface area contributed by atoms with E-state index in [2.05, 4.69) is 20.6 Å². The molecule has 0 aliphatic carbocycles. The van der Waals surface area contributed by atoms with E-state index >= 15 is 0 Å². The molecule has 1 rings (SSSR count). The Morgan fingerprint density at radius 2 is 2.29 bits per heavy atom. The molecule has 0 atom stereocenters. The molecule has 0 aliphatic rings. The fourth-order valence-corrected chi connectivity index (χ4v) is 0.814. The molecule has 1 heterocycles. The lowest BCUT2D eigenvalue weighted by Crippen LogP contribution is -2.42. The van der Waals surface area contributed by atoms with Crippen molar-refractivity contribution < 1.29 is 14.3 Å². The molecule has 76 valence electrons. The first-order valence-corrected chi connectivity index (χ1v) is 4.10. The number of aromatic amines is 1. The molecule has 0 radical (unpaired) electrons. The van der Waals surface area contributed by atoms with E-state index in [0.29, 0.717) is 5.69 Å². The first kappa shape index (κ1) is 10.1. The number of H-pyrrole nitrogens is 1. The van der Waals surface area contributed by atoms with Crippen molar-refractivity contribution in [3.8, 4) is 0 Å². The predicted molar refractivity (Wildman–Crippen MR) is 48.4 cm³/mol. The van der Waals surface area contributed by atoms with E-state index < -0.39 is 12.0 Å². The van der Waals surface area contributed by atoms with Gasteiger partial charge < -0.3 is 9.72 Å². The summed E-state index contributed by atoms with van der Waals surface area (Å²) in [6.07, 6.45) is 0.923. The monoisotopic (exact) mass is 197 g/mol. The van der Waals surface area contributed by atoms with Crippen molar-refractivity contribution in [2.24, 2.45) is 0 Å². The molecule has 0 unspecified atom stereocenters. The summed E-state index contributed by atoms with van der Waals surface area (Å²) in [4.78, 5) is 24.6. The van der Waals surface area contributed by atoms with Gasteiger partial charge in [-0.15, -0.1) is 0 Å². The van der Waals surface area contributed by atoms with Gasteiger partial charge >= 0.3 is 6.09 Å². The van der Waals surface area contributed by atoms with E-state index in [1.807, 2.05) is 0 Å². The van der Waals surface area contributed by atoms with Crippen LogP contribution in [-0.4, -0.2) is 23.6 Å². The maximum Gasteiger partial charge on any atom is 0.426 e. The summed E-state index contributed by atoms with van der Waals surface area (Å²) in [5.74, 6) is -0.428. The number of hydrazine groups is 1. The second-order valence-electron chi connectivity index (χ2n) is 2.38. The molecule has 0 spiro atoms. The van der Waals surface area contributed by atoms with Crippen molar-refractivity contribution in [1.29, 1.82) is 0 Å². The van der Waals surface area contributed by atoms with Crippen LogP contribution >= 0.6 is 0 Å². The van der Waals surface area contributed by atoms with Gasteiger partial charge in [-0.25, -0.2) is 10.2 Å². The average Bonchev–Trinajstić information content (AvgIpc) is 2.67. The maximum atomic E-state index is 11.2. The lowest BCUT2D eigenvalue weighted by atomic mass is 10.4. The Morgan fingerprint density at radius 1 is 1.50 bits per heavy atom. The molecule has 1 aromatic rings. The molecule has 6 nitrogen and oxygen atoms in total. The number of aromatic nitrogens is 1. The molecule has 0 saturated carbocycles. The maximum absolute atomic E-state index is 11.2. The molecule has 0 fully saturated rings. The van der Waals surface area contributed by atoms with Crippen LogP contribution < -0.4 is 10.9 Å². The van der Waals surface area contributed by atoms with Crippen LogP contribution in [0.3, 0.4) is 0 Å². The topological polar surface area (TPSA) is 83.2 Å². The first-order valence-electron chi connectivity index (χ1n) is 4.10. The van der Waals surface area contributed by atoms with Gasteiger partial charge in [0.05, 0.1) is 6.61 Å². The SMILES string of the molecule is CCOC(=O)NNC(=O)c1ccc[nH]1. The quantitative estimate of drug-likeness (QED) is 0.600. The summed E-state index contributed by atoms with van der Waals surface area (Å²) in [5, 5.41) is 0. The third-order valence-corrected chi connectivity index (χ3v) is 1.40. The molecule has 6 heteroatoms. The predicted octanol–water partition coefficient (Wildman–Crippen LogP) is 0.406. The summed E-state index contributed by atoms with van der Waals surface area (Å²) in [5.41, 5.74) is 4.63. The first-order chi connectivity index (χ1) is 6.74. The number of ether oxygens (including phenoxy) is 1. The molecule has 3 N–H and O–H groups in total. The number of nitrogens with one attached hydrogen (secondary N) is 3. The fourth-order valence-electron chi connectivity index (χ4n) is 0.814. The van der Waals surface area contributed by atoms with Crippen molar-refractivity contribution >= 4 is 12.0 Å². The van der Waals surface area contributed by atoms with Crippen LogP contribution in [0.1, 0.15) is 17.4 Å². The summed E-state index contributed by atoms with van der Waals surface area (Å²) >= 11 is 0. The van der Waals surface area contributed by atoms with Gasteiger partial charge in [-0.3, -0.25) is 10.2 Å². The van der Waals surface area contributed by atoms with Gasteiger partial charge in [-0.1, -0.05) is 0 Å². The molecular formula is C8H11N3O3. The number of hydrogen-bond acceptors (Lipinski definition) is 3. The minimum Gasteiger partial charge on any atom is -0.449 e. The number of carbonyl (C=O) groups excluding carboxylic acids is 2. The van der Waals surface area contributed by atoms with Gasteiger partial charge in [0, 0.05) is 6.20 Å². The summed E-state index contributed by atoms with van der Waals surface area (Å²) in [7, 11) is 0. The molecule has 0 aromatic carbocycles. The lowest BCUT2D eigenvalue weighted by molar-refractivity contribution is 0.0908. The van der Waals surface area contributed by atoms with Crippen molar-refractivity contribution in [2.75, 3.05) is 6.61 Å². The van der Waals surface area contributed by atoms with Gasteiger partial charge in [-0.05, 0) is 19.1 Å². The average molecular weight is 197 g/mol. The van der Waals surface area contributed by atoms with E-state index in [1.54, 1.807) is 25.3 Å². The van der Waals surface area contributed by atoms with Crippen LogP contribution in [-0.2, 0) is 4.74 Å². The molecule has 0 saturated heterocycles. The van der Waals surface area contributed by atoms with Gasteiger partial charge in [0.25, 0.3) is 5.91 Å². The Morgan fingerprint density at radius 3 is 2.86 bits per heavy atom. The van der Waals surface area contributed by atoms with Crippen molar-refractivity contribution in [1.82, 2.24) is 15.8 Å². The van der Waals surface area contributed by atoms with E-state index in [0.717, 1.165) is 0 Å².